The molecule has 0 aliphatic carbocycles. The van der Waals surface area contributed by atoms with Gasteiger partial charge in [-0.15, -0.1) is 11.6 Å². The van der Waals surface area contributed by atoms with Gasteiger partial charge < -0.3 is 9.84 Å². The highest BCUT2D eigenvalue weighted by Crippen LogP contribution is 2.19. The van der Waals surface area contributed by atoms with E-state index in [2.05, 4.69) is 0 Å². The summed E-state index contributed by atoms with van der Waals surface area (Å²) in [5, 5.41) is 9.12. The molecule has 0 fully saturated rings. The van der Waals surface area contributed by atoms with Crippen molar-refractivity contribution in [3.05, 3.63) is 29.8 Å². The predicted octanol–water partition coefficient (Wildman–Crippen LogP) is 3.10. The number of rotatable bonds is 4. The summed E-state index contributed by atoms with van der Waals surface area (Å²) in [5.74, 6) is 0.270. The van der Waals surface area contributed by atoms with E-state index < -0.39 is 0 Å². The van der Waals surface area contributed by atoms with Gasteiger partial charge in [-0.05, 0) is 31.5 Å². The molecule has 78 valence electrons. The molecule has 0 aromatic heterocycles. The van der Waals surface area contributed by atoms with E-state index in [0.29, 0.717) is 6.61 Å². The molecule has 2 atom stereocenters. The quantitative estimate of drug-likeness (QED) is 0.781. The molecule has 0 saturated carbocycles. The van der Waals surface area contributed by atoms with Crippen LogP contribution in [-0.4, -0.2) is 17.1 Å². The molecular weight excluding hydrogens is 200 g/mol. The summed E-state index contributed by atoms with van der Waals surface area (Å²) >= 11 is 5.77. The van der Waals surface area contributed by atoms with Crippen molar-refractivity contribution in [2.45, 2.75) is 25.3 Å². The minimum Gasteiger partial charge on any atom is -0.508 e. The highest BCUT2D eigenvalue weighted by Gasteiger charge is 2.06. The lowest BCUT2D eigenvalue weighted by atomic mass is 10.1. The van der Waals surface area contributed by atoms with Crippen molar-refractivity contribution in [3.63, 3.8) is 0 Å². The van der Waals surface area contributed by atoms with Gasteiger partial charge in [0.15, 0.2) is 0 Å². The average molecular weight is 215 g/mol. The van der Waals surface area contributed by atoms with Crippen LogP contribution in [0, 0.1) is 0 Å². The number of halogens is 1. The molecule has 1 unspecified atom stereocenters. The first-order valence-corrected chi connectivity index (χ1v) is 5.08. The zero-order chi connectivity index (χ0) is 10.6. The summed E-state index contributed by atoms with van der Waals surface area (Å²) in [7, 11) is 0. The fourth-order valence-corrected chi connectivity index (χ4v) is 1.19. The standard InChI is InChI=1S/C11H15ClO2/c1-8(12)7-14-9(2)10-3-5-11(13)6-4-10/h3-6,8-9,13H,7H2,1-2H3/t8-,9?/m0/s1. The van der Waals surface area contributed by atoms with Crippen molar-refractivity contribution in [1.29, 1.82) is 0 Å². The topological polar surface area (TPSA) is 29.5 Å². The zero-order valence-electron chi connectivity index (χ0n) is 8.40. The summed E-state index contributed by atoms with van der Waals surface area (Å²) in [6.45, 7) is 4.39. The molecule has 0 radical (unpaired) electrons. The molecule has 0 bridgehead atoms. The van der Waals surface area contributed by atoms with Crippen LogP contribution in [0.2, 0.25) is 0 Å². The Hall–Kier alpha value is -0.730. The zero-order valence-corrected chi connectivity index (χ0v) is 9.16. The number of hydrogen-bond acceptors (Lipinski definition) is 2. The van der Waals surface area contributed by atoms with Crippen molar-refractivity contribution in [3.8, 4) is 5.75 Å². The number of phenols is 1. The second-order valence-corrected chi connectivity index (χ2v) is 4.09. The number of benzene rings is 1. The predicted molar refractivity (Wildman–Crippen MR) is 57.8 cm³/mol. The Balaban J connectivity index is 2.52. The van der Waals surface area contributed by atoms with Gasteiger partial charge in [-0.2, -0.15) is 0 Å². The van der Waals surface area contributed by atoms with E-state index in [0.717, 1.165) is 5.56 Å². The second-order valence-electron chi connectivity index (χ2n) is 3.35. The highest BCUT2D eigenvalue weighted by atomic mass is 35.5. The molecule has 0 heterocycles. The molecule has 1 aromatic rings. The summed E-state index contributed by atoms with van der Waals surface area (Å²) in [5.41, 5.74) is 1.04. The van der Waals surface area contributed by atoms with E-state index >= 15 is 0 Å². The minimum absolute atomic E-state index is 0.0109. The third-order valence-electron chi connectivity index (χ3n) is 1.94. The van der Waals surface area contributed by atoms with Crippen LogP contribution >= 0.6 is 11.6 Å². The molecule has 0 aliphatic rings. The van der Waals surface area contributed by atoms with E-state index in [-0.39, 0.29) is 17.2 Å². The Morgan fingerprint density at radius 2 is 1.86 bits per heavy atom. The smallest absolute Gasteiger partial charge is 0.115 e. The Morgan fingerprint density at radius 3 is 2.36 bits per heavy atom. The van der Waals surface area contributed by atoms with Gasteiger partial charge in [0.1, 0.15) is 5.75 Å². The normalized spacial score (nSPS) is 15.1. The second kappa shape index (κ2) is 5.23. The first-order valence-electron chi connectivity index (χ1n) is 4.64. The lowest BCUT2D eigenvalue weighted by Crippen LogP contribution is -2.08. The van der Waals surface area contributed by atoms with E-state index in [1.54, 1.807) is 12.1 Å². The summed E-state index contributed by atoms with van der Waals surface area (Å²) < 4.78 is 5.52. The van der Waals surface area contributed by atoms with Crippen LogP contribution in [0.3, 0.4) is 0 Å². The summed E-state index contributed by atoms with van der Waals surface area (Å²) in [6, 6.07) is 7.00. The van der Waals surface area contributed by atoms with Crippen molar-refractivity contribution >= 4 is 11.6 Å². The highest BCUT2D eigenvalue weighted by molar-refractivity contribution is 6.20. The van der Waals surface area contributed by atoms with Gasteiger partial charge in [0, 0.05) is 0 Å². The van der Waals surface area contributed by atoms with Crippen molar-refractivity contribution in [2.75, 3.05) is 6.61 Å². The number of phenolic OH excluding ortho intramolecular Hbond substituents is 1. The van der Waals surface area contributed by atoms with E-state index in [9.17, 15) is 0 Å². The van der Waals surface area contributed by atoms with Crippen molar-refractivity contribution in [2.24, 2.45) is 0 Å². The molecular formula is C11H15ClO2. The van der Waals surface area contributed by atoms with Crippen LogP contribution in [0.4, 0.5) is 0 Å². The fraction of sp³-hybridized carbons (Fsp3) is 0.455. The Morgan fingerprint density at radius 1 is 1.29 bits per heavy atom. The van der Waals surface area contributed by atoms with Gasteiger partial charge >= 0.3 is 0 Å². The lowest BCUT2D eigenvalue weighted by Gasteiger charge is -2.14. The van der Waals surface area contributed by atoms with Crippen molar-refractivity contribution in [1.82, 2.24) is 0 Å². The fourth-order valence-electron chi connectivity index (χ4n) is 1.12. The maximum atomic E-state index is 9.09. The minimum atomic E-state index is 0.0109. The molecule has 0 aliphatic heterocycles. The molecule has 2 nitrogen and oxygen atoms in total. The monoisotopic (exact) mass is 214 g/mol. The maximum Gasteiger partial charge on any atom is 0.115 e. The van der Waals surface area contributed by atoms with Gasteiger partial charge in [0.2, 0.25) is 0 Å². The van der Waals surface area contributed by atoms with Gasteiger partial charge in [-0.1, -0.05) is 12.1 Å². The Bertz CT molecular complexity index is 269. The van der Waals surface area contributed by atoms with Crippen LogP contribution < -0.4 is 0 Å². The molecule has 1 N–H and O–H groups in total. The van der Waals surface area contributed by atoms with Crippen LogP contribution in [0.5, 0.6) is 5.75 Å². The molecule has 0 spiro atoms. The van der Waals surface area contributed by atoms with Crippen molar-refractivity contribution < 1.29 is 9.84 Å². The molecule has 14 heavy (non-hydrogen) atoms. The molecule has 1 aromatic carbocycles. The van der Waals surface area contributed by atoms with Crippen LogP contribution in [0.1, 0.15) is 25.5 Å². The maximum absolute atomic E-state index is 9.09. The average Bonchev–Trinajstić information content (AvgIpc) is 2.15. The lowest BCUT2D eigenvalue weighted by molar-refractivity contribution is 0.0678. The number of hydrogen-bond donors (Lipinski definition) is 1. The summed E-state index contributed by atoms with van der Waals surface area (Å²) in [4.78, 5) is 0. The molecule has 0 saturated heterocycles. The largest absolute Gasteiger partial charge is 0.508 e. The molecule has 1 rings (SSSR count). The molecule has 0 amide bonds. The van der Waals surface area contributed by atoms with Gasteiger partial charge in [0.25, 0.3) is 0 Å². The molecule has 3 heteroatoms. The van der Waals surface area contributed by atoms with Gasteiger partial charge in [-0.25, -0.2) is 0 Å². The van der Waals surface area contributed by atoms with Gasteiger partial charge in [-0.3, -0.25) is 0 Å². The number of ether oxygens (including phenoxy) is 1. The third kappa shape index (κ3) is 3.56. The van der Waals surface area contributed by atoms with E-state index in [1.165, 1.54) is 0 Å². The Kier molecular flexibility index (Phi) is 4.23. The third-order valence-corrected chi connectivity index (χ3v) is 2.06. The first-order chi connectivity index (χ1) is 6.59. The summed E-state index contributed by atoms with van der Waals surface area (Å²) in [6.07, 6.45) is 0.0109. The van der Waals surface area contributed by atoms with Gasteiger partial charge in [0.05, 0.1) is 18.1 Å². The number of alkyl halides is 1. The van der Waals surface area contributed by atoms with E-state index in [1.807, 2.05) is 26.0 Å². The van der Waals surface area contributed by atoms with E-state index in [4.69, 9.17) is 21.4 Å². The van der Waals surface area contributed by atoms with Crippen LogP contribution in [0.25, 0.3) is 0 Å². The van der Waals surface area contributed by atoms with Crippen LogP contribution in [0.15, 0.2) is 24.3 Å². The SMILES string of the molecule is CC(OC[C@H](C)Cl)c1ccc(O)cc1. The number of aromatic hydroxyl groups is 1. The first kappa shape index (κ1) is 11.3. The van der Waals surface area contributed by atoms with Crippen LogP contribution in [-0.2, 0) is 4.74 Å². The Labute approximate surface area is 89.5 Å².